The molecule has 0 N–H and O–H groups in total. The molecule has 1 fully saturated rings. The summed E-state index contributed by atoms with van der Waals surface area (Å²) in [4.78, 5) is 7.21. The summed E-state index contributed by atoms with van der Waals surface area (Å²) in [6.45, 7) is 1.99. The molecule has 0 saturated heterocycles. The Kier molecular flexibility index (Phi) is 4.24. The van der Waals surface area contributed by atoms with Crippen molar-refractivity contribution in [3.8, 4) is 5.75 Å². The van der Waals surface area contributed by atoms with E-state index < -0.39 is 0 Å². The Morgan fingerprint density at radius 1 is 1.10 bits per heavy atom. The molecule has 108 valence electrons. The molecular formula is C17H24N2O. The third-order valence-electron chi connectivity index (χ3n) is 4.64. The fraction of sp³-hybridized carbons (Fsp3) is 0.588. The quantitative estimate of drug-likeness (QED) is 0.841. The van der Waals surface area contributed by atoms with Crippen molar-refractivity contribution in [2.24, 2.45) is 10.9 Å². The molecule has 1 saturated carbocycles. The highest BCUT2D eigenvalue weighted by atomic mass is 16.5. The first-order valence-electron chi connectivity index (χ1n) is 7.77. The van der Waals surface area contributed by atoms with Crippen LogP contribution < -0.4 is 9.64 Å². The van der Waals surface area contributed by atoms with E-state index in [1.54, 1.807) is 7.11 Å². The molecule has 1 aromatic carbocycles. The molecule has 1 atom stereocenters. The van der Waals surface area contributed by atoms with Gasteiger partial charge in [-0.3, -0.25) is 4.99 Å². The van der Waals surface area contributed by atoms with E-state index in [4.69, 9.17) is 9.73 Å². The molecule has 0 bridgehead atoms. The minimum absolute atomic E-state index is 0.492. The van der Waals surface area contributed by atoms with Crippen LogP contribution >= 0.6 is 0 Å². The third kappa shape index (κ3) is 2.97. The molecule has 0 radical (unpaired) electrons. The summed E-state index contributed by atoms with van der Waals surface area (Å²) in [6, 6.07) is 8.87. The van der Waals surface area contributed by atoms with Gasteiger partial charge in [-0.25, -0.2) is 0 Å². The number of methoxy groups -OCH3 is 1. The van der Waals surface area contributed by atoms with Gasteiger partial charge in [-0.15, -0.1) is 0 Å². The smallest absolute Gasteiger partial charge is 0.119 e. The second kappa shape index (κ2) is 6.29. The van der Waals surface area contributed by atoms with E-state index in [1.807, 2.05) is 12.1 Å². The first kappa shape index (κ1) is 13.5. The summed E-state index contributed by atoms with van der Waals surface area (Å²) in [5.41, 5.74) is 1.28. The average Bonchev–Trinajstić information content (AvgIpc) is 2.56. The first-order valence-corrected chi connectivity index (χ1v) is 7.77. The normalized spacial score (nSPS) is 23.9. The largest absolute Gasteiger partial charge is 0.497 e. The van der Waals surface area contributed by atoms with Crippen molar-refractivity contribution in [2.75, 3.05) is 25.1 Å². The Morgan fingerprint density at radius 2 is 1.85 bits per heavy atom. The fourth-order valence-electron chi connectivity index (χ4n) is 3.42. The van der Waals surface area contributed by atoms with Crippen LogP contribution in [0.4, 0.5) is 5.69 Å². The van der Waals surface area contributed by atoms with E-state index in [0.29, 0.717) is 6.04 Å². The van der Waals surface area contributed by atoms with Gasteiger partial charge in [0.15, 0.2) is 0 Å². The lowest BCUT2D eigenvalue weighted by Gasteiger charge is -2.35. The predicted molar refractivity (Wildman–Crippen MR) is 84.1 cm³/mol. The maximum Gasteiger partial charge on any atom is 0.119 e. The monoisotopic (exact) mass is 272 g/mol. The van der Waals surface area contributed by atoms with Crippen molar-refractivity contribution in [3.05, 3.63) is 24.3 Å². The number of hydrogen-bond donors (Lipinski definition) is 0. The number of hydrogen-bond acceptors (Lipinski definition) is 3. The molecule has 1 aromatic rings. The van der Waals surface area contributed by atoms with Crippen LogP contribution in [0, 0.1) is 5.92 Å². The summed E-state index contributed by atoms with van der Waals surface area (Å²) in [5.74, 6) is 1.71. The summed E-state index contributed by atoms with van der Waals surface area (Å²) in [7, 11) is 1.71. The molecule has 0 aromatic heterocycles. The van der Waals surface area contributed by atoms with Gasteiger partial charge < -0.3 is 9.64 Å². The van der Waals surface area contributed by atoms with Crippen molar-refractivity contribution in [1.82, 2.24) is 0 Å². The summed E-state index contributed by atoms with van der Waals surface area (Å²) in [6.07, 6.45) is 9.01. The van der Waals surface area contributed by atoms with Gasteiger partial charge in [-0.2, -0.15) is 0 Å². The minimum atomic E-state index is 0.492. The van der Waals surface area contributed by atoms with Crippen LogP contribution in [0.3, 0.4) is 0 Å². The molecule has 0 amide bonds. The van der Waals surface area contributed by atoms with Gasteiger partial charge in [-0.05, 0) is 43.0 Å². The second-order valence-electron chi connectivity index (χ2n) is 5.90. The zero-order chi connectivity index (χ0) is 13.8. The van der Waals surface area contributed by atoms with Gasteiger partial charge in [0, 0.05) is 18.4 Å². The summed E-state index contributed by atoms with van der Waals surface area (Å²) >= 11 is 0. The molecular weight excluding hydrogens is 248 g/mol. The van der Waals surface area contributed by atoms with Crippen LogP contribution in [0.1, 0.15) is 32.1 Å². The zero-order valence-electron chi connectivity index (χ0n) is 12.3. The van der Waals surface area contributed by atoms with Gasteiger partial charge in [0.1, 0.15) is 5.75 Å². The van der Waals surface area contributed by atoms with Crippen molar-refractivity contribution in [2.45, 2.75) is 38.1 Å². The average molecular weight is 272 g/mol. The molecule has 0 spiro atoms. The van der Waals surface area contributed by atoms with E-state index in [9.17, 15) is 0 Å². The predicted octanol–water partition coefficient (Wildman–Crippen LogP) is 3.53. The highest BCUT2D eigenvalue weighted by Crippen LogP contribution is 2.30. The molecule has 3 heteroatoms. The standard InChI is InChI=1S/C17H24N2O/c1-20-16-9-7-15(8-10-16)19-12-11-18-17(13-19)14-5-3-2-4-6-14/h7-11,14,17H,2-6,12-13H2,1H3. The third-order valence-corrected chi connectivity index (χ3v) is 4.64. The Labute approximate surface area is 121 Å². The van der Waals surface area contributed by atoms with Gasteiger partial charge in [-0.1, -0.05) is 19.3 Å². The van der Waals surface area contributed by atoms with Gasteiger partial charge >= 0.3 is 0 Å². The minimum Gasteiger partial charge on any atom is -0.497 e. The molecule has 3 rings (SSSR count). The number of nitrogens with zero attached hydrogens (tertiary/aromatic N) is 2. The van der Waals surface area contributed by atoms with E-state index in [-0.39, 0.29) is 0 Å². The molecule has 1 unspecified atom stereocenters. The van der Waals surface area contributed by atoms with E-state index in [1.165, 1.54) is 37.8 Å². The van der Waals surface area contributed by atoms with Crippen LogP contribution in [0.5, 0.6) is 5.75 Å². The molecule has 2 aliphatic rings. The maximum atomic E-state index is 5.23. The van der Waals surface area contributed by atoms with Crippen molar-refractivity contribution in [3.63, 3.8) is 0 Å². The lowest BCUT2D eigenvalue weighted by molar-refractivity contribution is 0.305. The SMILES string of the molecule is COc1ccc(N2CC=NC(C3CCCCC3)C2)cc1. The molecule has 3 nitrogen and oxygen atoms in total. The first-order chi connectivity index (χ1) is 9.86. The van der Waals surface area contributed by atoms with Crippen LogP contribution in [0.15, 0.2) is 29.3 Å². The topological polar surface area (TPSA) is 24.8 Å². The lowest BCUT2D eigenvalue weighted by Crippen LogP contribution is -2.41. The molecule has 1 aliphatic carbocycles. The van der Waals surface area contributed by atoms with Crippen molar-refractivity contribution >= 4 is 11.9 Å². The van der Waals surface area contributed by atoms with Gasteiger partial charge in [0.05, 0.1) is 19.7 Å². The fourth-order valence-corrected chi connectivity index (χ4v) is 3.42. The number of rotatable bonds is 3. The Balaban J connectivity index is 1.67. The highest BCUT2D eigenvalue weighted by Gasteiger charge is 2.26. The van der Waals surface area contributed by atoms with Crippen molar-refractivity contribution < 1.29 is 4.74 Å². The van der Waals surface area contributed by atoms with Crippen LogP contribution in [0.25, 0.3) is 0 Å². The zero-order valence-corrected chi connectivity index (χ0v) is 12.3. The highest BCUT2D eigenvalue weighted by molar-refractivity contribution is 5.68. The molecule has 1 aliphatic heterocycles. The number of anilines is 1. The van der Waals surface area contributed by atoms with Crippen LogP contribution in [-0.4, -0.2) is 32.5 Å². The van der Waals surface area contributed by atoms with E-state index in [0.717, 1.165) is 24.8 Å². The summed E-state index contributed by atoms with van der Waals surface area (Å²) < 4.78 is 5.23. The van der Waals surface area contributed by atoms with E-state index in [2.05, 4.69) is 23.2 Å². The number of ether oxygens (including phenoxy) is 1. The Hall–Kier alpha value is -1.51. The second-order valence-corrected chi connectivity index (χ2v) is 5.90. The van der Waals surface area contributed by atoms with Crippen LogP contribution in [-0.2, 0) is 0 Å². The number of aliphatic imine (C=N–C) groups is 1. The summed E-state index contributed by atoms with van der Waals surface area (Å²) in [5, 5.41) is 0. The van der Waals surface area contributed by atoms with E-state index >= 15 is 0 Å². The van der Waals surface area contributed by atoms with Gasteiger partial charge in [0.25, 0.3) is 0 Å². The number of benzene rings is 1. The Bertz CT molecular complexity index is 449. The lowest BCUT2D eigenvalue weighted by atomic mass is 9.83. The Morgan fingerprint density at radius 3 is 2.55 bits per heavy atom. The van der Waals surface area contributed by atoms with Crippen LogP contribution in [0.2, 0.25) is 0 Å². The maximum absolute atomic E-state index is 5.23. The molecule has 20 heavy (non-hydrogen) atoms. The van der Waals surface area contributed by atoms with Crippen molar-refractivity contribution in [1.29, 1.82) is 0 Å². The molecule has 1 heterocycles. The van der Waals surface area contributed by atoms with Gasteiger partial charge in [0.2, 0.25) is 0 Å².